The third-order valence-electron chi connectivity index (χ3n) is 2.25. The Bertz CT molecular complexity index is 578. The van der Waals surface area contributed by atoms with Crippen LogP contribution >= 0.6 is 11.6 Å². The Labute approximate surface area is 108 Å². The average molecular weight is 269 g/mol. The predicted octanol–water partition coefficient (Wildman–Crippen LogP) is 2.79. The van der Waals surface area contributed by atoms with E-state index in [0.717, 1.165) is 6.07 Å². The van der Waals surface area contributed by atoms with Crippen LogP contribution in [-0.2, 0) is 11.3 Å². The number of aromatic nitrogens is 2. The molecule has 1 N–H and O–H groups in total. The molecule has 4 nitrogen and oxygen atoms in total. The van der Waals surface area contributed by atoms with Gasteiger partial charge in [0.15, 0.2) is 17.4 Å². The summed E-state index contributed by atoms with van der Waals surface area (Å²) < 4.78 is 18.2. The van der Waals surface area contributed by atoms with E-state index in [1.165, 1.54) is 19.2 Å². The molecule has 2 rings (SSSR count). The Balaban J connectivity index is 2.46. The number of methoxy groups -OCH3 is 1. The Morgan fingerprint density at radius 2 is 2.11 bits per heavy atom. The lowest BCUT2D eigenvalue weighted by Gasteiger charge is -2.05. The molecule has 0 amide bonds. The van der Waals surface area contributed by atoms with Gasteiger partial charge in [-0.2, -0.15) is 0 Å². The van der Waals surface area contributed by atoms with Crippen LogP contribution in [0.2, 0.25) is 5.15 Å². The Morgan fingerprint density at radius 1 is 1.33 bits per heavy atom. The fraction of sp³-hybridized carbons (Fsp3) is 0.167. The highest BCUT2D eigenvalue weighted by Gasteiger charge is 2.09. The quantitative estimate of drug-likeness (QED) is 0.870. The second-order valence-corrected chi connectivity index (χ2v) is 3.99. The van der Waals surface area contributed by atoms with Crippen LogP contribution in [0, 0.1) is 5.82 Å². The van der Waals surface area contributed by atoms with Crippen molar-refractivity contribution >= 4 is 11.6 Å². The molecule has 0 saturated carbocycles. The molecule has 0 unspecified atom stereocenters. The van der Waals surface area contributed by atoms with Crippen LogP contribution in [0.5, 0.6) is 5.75 Å². The number of hydrogen-bond acceptors (Lipinski definition) is 4. The van der Waals surface area contributed by atoms with Crippen LogP contribution in [-0.4, -0.2) is 22.2 Å². The second kappa shape index (κ2) is 5.29. The van der Waals surface area contributed by atoms with E-state index in [1.54, 1.807) is 6.07 Å². The Kier molecular flexibility index (Phi) is 3.74. The first-order valence-corrected chi connectivity index (χ1v) is 5.49. The first-order chi connectivity index (χ1) is 8.60. The van der Waals surface area contributed by atoms with E-state index in [4.69, 9.17) is 21.4 Å². The SMILES string of the molecule is COCc1cc(Cl)nc(-c2ccc(O)c(F)c2)n1. The van der Waals surface area contributed by atoms with Crippen molar-refractivity contribution in [3.8, 4) is 17.1 Å². The fourth-order valence-electron chi connectivity index (χ4n) is 1.46. The monoisotopic (exact) mass is 268 g/mol. The molecule has 94 valence electrons. The molecule has 18 heavy (non-hydrogen) atoms. The lowest BCUT2D eigenvalue weighted by Crippen LogP contribution is -1.98. The van der Waals surface area contributed by atoms with Crippen LogP contribution in [0.1, 0.15) is 5.69 Å². The topological polar surface area (TPSA) is 55.2 Å². The van der Waals surface area contributed by atoms with Gasteiger partial charge in [0.1, 0.15) is 5.15 Å². The van der Waals surface area contributed by atoms with E-state index < -0.39 is 11.6 Å². The van der Waals surface area contributed by atoms with Gasteiger partial charge in [-0.05, 0) is 24.3 Å². The van der Waals surface area contributed by atoms with Crippen LogP contribution in [0.25, 0.3) is 11.4 Å². The molecule has 6 heteroatoms. The summed E-state index contributed by atoms with van der Waals surface area (Å²) >= 11 is 5.86. The zero-order chi connectivity index (χ0) is 13.1. The first kappa shape index (κ1) is 12.7. The third-order valence-corrected chi connectivity index (χ3v) is 2.44. The second-order valence-electron chi connectivity index (χ2n) is 3.60. The van der Waals surface area contributed by atoms with Gasteiger partial charge in [0.05, 0.1) is 12.3 Å². The molecule has 0 aliphatic heterocycles. The maximum atomic E-state index is 13.3. The normalized spacial score (nSPS) is 10.6. The number of phenols is 1. The highest BCUT2D eigenvalue weighted by atomic mass is 35.5. The van der Waals surface area contributed by atoms with Crippen molar-refractivity contribution in [1.82, 2.24) is 9.97 Å². The van der Waals surface area contributed by atoms with Crippen LogP contribution in [0.3, 0.4) is 0 Å². The molecule has 0 atom stereocenters. The molecular weight excluding hydrogens is 259 g/mol. The summed E-state index contributed by atoms with van der Waals surface area (Å²) in [6, 6.07) is 5.48. The van der Waals surface area contributed by atoms with Crippen molar-refractivity contribution < 1.29 is 14.2 Å². The minimum Gasteiger partial charge on any atom is -0.505 e. The molecule has 0 fully saturated rings. The maximum Gasteiger partial charge on any atom is 0.165 e. The van der Waals surface area contributed by atoms with Crippen LogP contribution in [0.4, 0.5) is 4.39 Å². The molecule has 1 aromatic carbocycles. The molecule has 0 radical (unpaired) electrons. The summed E-state index contributed by atoms with van der Waals surface area (Å²) in [5, 5.41) is 9.37. The number of nitrogens with zero attached hydrogens (tertiary/aromatic N) is 2. The highest BCUT2D eigenvalue weighted by molar-refractivity contribution is 6.29. The maximum absolute atomic E-state index is 13.3. The Hall–Kier alpha value is -1.72. The summed E-state index contributed by atoms with van der Waals surface area (Å²) in [7, 11) is 1.54. The molecule has 0 aliphatic rings. The largest absolute Gasteiger partial charge is 0.505 e. The number of benzene rings is 1. The molecule has 2 aromatic rings. The minimum absolute atomic E-state index is 0.250. The van der Waals surface area contributed by atoms with Crippen molar-refractivity contribution in [1.29, 1.82) is 0 Å². The standard InChI is InChI=1S/C12H10ClFN2O2/c1-18-6-8-5-11(13)16-12(15-8)7-2-3-10(17)9(14)4-7/h2-5,17H,6H2,1H3. The van der Waals surface area contributed by atoms with Gasteiger partial charge in [-0.25, -0.2) is 14.4 Å². The molecule has 1 heterocycles. The third kappa shape index (κ3) is 2.75. The van der Waals surface area contributed by atoms with Crippen molar-refractivity contribution in [3.63, 3.8) is 0 Å². The van der Waals surface area contributed by atoms with Gasteiger partial charge in [0, 0.05) is 12.7 Å². The highest BCUT2D eigenvalue weighted by Crippen LogP contribution is 2.23. The molecule has 0 aliphatic carbocycles. The summed E-state index contributed by atoms with van der Waals surface area (Å²) in [6.07, 6.45) is 0. The van der Waals surface area contributed by atoms with Crippen LogP contribution in [0.15, 0.2) is 24.3 Å². The zero-order valence-corrected chi connectivity index (χ0v) is 10.3. The first-order valence-electron chi connectivity index (χ1n) is 5.11. The smallest absolute Gasteiger partial charge is 0.165 e. The van der Waals surface area contributed by atoms with E-state index in [9.17, 15) is 4.39 Å². The van der Waals surface area contributed by atoms with Gasteiger partial charge in [-0.1, -0.05) is 11.6 Å². The molecule has 0 bridgehead atoms. The lowest BCUT2D eigenvalue weighted by atomic mass is 10.2. The van der Waals surface area contributed by atoms with Crippen molar-refractivity contribution in [2.75, 3.05) is 7.11 Å². The summed E-state index contributed by atoms with van der Waals surface area (Å²) in [4.78, 5) is 8.20. The summed E-state index contributed by atoms with van der Waals surface area (Å²) in [5.74, 6) is -0.865. The number of phenolic OH excluding ortho intramolecular Hbond substituents is 1. The Morgan fingerprint density at radius 3 is 2.78 bits per heavy atom. The van der Waals surface area contributed by atoms with E-state index in [2.05, 4.69) is 9.97 Å². The zero-order valence-electron chi connectivity index (χ0n) is 9.52. The van der Waals surface area contributed by atoms with E-state index in [0.29, 0.717) is 11.3 Å². The van der Waals surface area contributed by atoms with Gasteiger partial charge in [0.25, 0.3) is 0 Å². The molecular formula is C12H10ClFN2O2. The lowest BCUT2D eigenvalue weighted by molar-refractivity contribution is 0.181. The minimum atomic E-state index is -0.732. The summed E-state index contributed by atoms with van der Waals surface area (Å²) in [6.45, 7) is 0.288. The number of halogens is 2. The average Bonchev–Trinajstić information content (AvgIpc) is 2.32. The number of rotatable bonds is 3. The number of hydrogen-bond donors (Lipinski definition) is 1. The van der Waals surface area contributed by atoms with Crippen molar-refractivity contribution in [2.24, 2.45) is 0 Å². The van der Waals surface area contributed by atoms with Gasteiger partial charge < -0.3 is 9.84 Å². The van der Waals surface area contributed by atoms with Gasteiger partial charge in [0.2, 0.25) is 0 Å². The van der Waals surface area contributed by atoms with E-state index >= 15 is 0 Å². The van der Waals surface area contributed by atoms with Crippen LogP contribution < -0.4 is 0 Å². The summed E-state index contributed by atoms with van der Waals surface area (Å²) in [5.41, 5.74) is 1.03. The van der Waals surface area contributed by atoms with Crippen molar-refractivity contribution in [2.45, 2.75) is 6.61 Å². The molecule has 0 spiro atoms. The van der Waals surface area contributed by atoms with E-state index in [1.807, 2.05) is 0 Å². The van der Waals surface area contributed by atoms with Gasteiger partial charge in [-0.3, -0.25) is 0 Å². The van der Waals surface area contributed by atoms with Gasteiger partial charge in [-0.15, -0.1) is 0 Å². The molecule has 0 saturated heterocycles. The molecule has 1 aromatic heterocycles. The fourth-order valence-corrected chi connectivity index (χ4v) is 1.67. The van der Waals surface area contributed by atoms with E-state index in [-0.39, 0.29) is 17.6 Å². The van der Waals surface area contributed by atoms with Gasteiger partial charge >= 0.3 is 0 Å². The number of ether oxygens (including phenoxy) is 1. The van der Waals surface area contributed by atoms with Crippen molar-refractivity contribution in [3.05, 3.63) is 40.9 Å². The predicted molar refractivity (Wildman–Crippen MR) is 64.8 cm³/mol. The number of aromatic hydroxyl groups is 1.